The van der Waals surface area contributed by atoms with E-state index in [4.69, 9.17) is 0 Å². The van der Waals surface area contributed by atoms with Crippen LogP contribution in [0.4, 0.5) is 0 Å². The second-order valence-corrected chi connectivity index (χ2v) is 7.31. The summed E-state index contributed by atoms with van der Waals surface area (Å²) in [6.07, 6.45) is 5.23. The molecule has 1 aromatic rings. The van der Waals surface area contributed by atoms with Crippen molar-refractivity contribution in [3.63, 3.8) is 0 Å². The molecule has 5 nitrogen and oxygen atoms in total. The van der Waals surface area contributed by atoms with Gasteiger partial charge < -0.3 is 4.57 Å². The summed E-state index contributed by atoms with van der Waals surface area (Å²) in [7, 11) is -3.43. The molecule has 0 aromatic carbocycles. The summed E-state index contributed by atoms with van der Waals surface area (Å²) < 4.78 is 29.6. The van der Waals surface area contributed by atoms with Gasteiger partial charge in [-0.3, -0.25) is 0 Å². The van der Waals surface area contributed by atoms with E-state index in [0.717, 1.165) is 38.1 Å². The van der Waals surface area contributed by atoms with Crippen molar-refractivity contribution >= 4 is 10.0 Å². The number of aromatic nitrogens is 2. The van der Waals surface area contributed by atoms with Crippen LogP contribution in [0.15, 0.2) is 11.2 Å². The Morgan fingerprint density at radius 3 is 2.78 bits per heavy atom. The molecule has 0 amide bonds. The number of imidazole rings is 1. The molecule has 0 spiro atoms. The third-order valence-corrected chi connectivity index (χ3v) is 5.74. The van der Waals surface area contributed by atoms with E-state index in [2.05, 4.69) is 23.6 Å². The zero-order valence-corrected chi connectivity index (χ0v) is 11.6. The lowest BCUT2D eigenvalue weighted by atomic mass is 10.0. The first-order valence-corrected chi connectivity index (χ1v) is 8.01. The van der Waals surface area contributed by atoms with Crippen LogP contribution in [-0.4, -0.2) is 23.5 Å². The molecule has 0 saturated heterocycles. The SMILES string of the molecule is CC(C)C1(NS(=O)(=O)c2cnc3n2CCC3)CC1. The number of aryl methyl sites for hydroxylation is 1. The maximum atomic E-state index is 12.4. The fraction of sp³-hybridized carbons (Fsp3) is 0.750. The highest BCUT2D eigenvalue weighted by Gasteiger charge is 2.49. The average Bonchev–Trinajstić information content (AvgIpc) is 2.73. The summed E-state index contributed by atoms with van der Waals surface area (Å²) in [5.41, 5.74) is -0.220. The van der Waals surface area contributed by atoms with Crippen LogP contribution in [0, 0.1) is 5.92 Å². The Morgan fingerprint density at radius 1 is 1.44 bits per heavy atom. The van der Waals surface area contributed by atoms with Gasteiger partial charge in [-0.05, 0) is 25.2 Å². The fourth-order valence-corrected chi connectivity index (χ4v) is 4.45. The Kier molecular flexibility index (Phi) is 2.57. The number of nitrogens with zero attached hydrogens (tertiary/aromatic N) is 2. The van der Waals surface area contributed by atoms with Crippen molar-refractivity contribution in [2.45, 2.75) is 56.6 Å². The van der Waals surface area contributed by atoms with Crippen LogP contribution in [0.3, 0.4) is 0 Å². The third-order valence-electron chi connectivity index (χ3n) is 4.19. The Labute approximate surface area is 108 Å². The summed E-state index contributed by atoms with van der Waals surface area (Å²) >= 11 is 0. The van der Waals surface area contributed by atoms with Gasteiger partial charge in [0.1, 0.15) is 5.82 Å². The fourth-order valence-electron chi connectivity index (χ4n) is 2.70. The zero-order chi connectivity index (χ0) is 13.0. The molecule has 0 radical (unpaired) electrons. The van der Waals surface area contributed by atoms with Gasteiger partial charge in [0, 0.05) is 18.5 Å². The van der Waals surface area contributed by atoms with Gasteiger partial charge >= 0.3 is 0 Å². The quantitative estimate of drug-likeness (QED) is 0.896. The predicted molar refractivity (Wildman–Crippen MR) is 67.7 cm³/mol. The van der Waals surface area contributed by atoms with Crippen molar-refractivity contribution < 1.29 is 8.42 Å². The van der Waals surface area contributed by atoms with Gasteiger partial charge in [0.15, 0.2) is 5.03 Å². The summed E-state index contributed by atoms with van der Waals surface area (Å²) in [6, 6.07) is 0. The van der Waals surface area contributed by atoms with Crippen molar-refractivity contribution in [3.05, 3.63) is 12.0 Å². The molecule has 1 saturated carbocycles. The minimum Gasteiger partial charge on any atom is -0.318 e. The van der Waals surface area contributed by atoms with E-state index in [0.29, 0.717) is 10.9 Å². The number of sulfonamides is 1. The molecule has 1 aliphatic heterocycles. The molecule has 0 bridgehead atoms. The molecule has 1 aromatic heterocycles. The molecular weight excluding hydrogens is 250 g/mol. The van der Waals surface area contributed by atoms with Gasteiger partial charge in [0.2, 0.25) is 0 Å². The standard InChI is InChI=1S/C12H19N3O2S/c1-9(2)12(5-6-12)14-18(16,17)11-8-13-10-4-3-7-15(10)11/h8-9,14H,3-7H2,1-2H3. The predicted octanol–water partition coefficient (Wildman–Crippen LogP) is 1.30. The lowest BCUT2D eigenvalue weighted by Gasteiger charge is -2.21. The minimum absolute atomic E-state index is 0.220. The van der Waals surface area contributed by atoms with Crippen molar-refractivity contribution in [1.29, 1.82) is 0 Å². The lowest BCUT2D eigenvalue weighted by Crippen LogP contribution is -2.41. The van der Waals surface area contributed by atoms with E-state index in [1.165, 1.54) is 6.20 Å². The molecule has 0 atom stereocenters. The second-order valence-electron chi connectivity index (χ2n) is 5.68. The summed E-state index contributed by atoms with van der Waals surface area (Å²) in [5, 5.41) is 0.335. The highest BCUT2D eigenvalue weighted by atomic mass is 32.2. The summed E-state index contributed by atoms with van der Waals surface area (Å²) in [5.74, 6) is 1.22. The van der Waals surface area contributed by atoms with Crippen molar-refractivity contribution in [1.82, 2.24) is 14.3 Å². The van der Waals surface area contributed by atoms with Gasteiger partial charge in [-0.1, -0.05) is 13.8 Å². The molecule has 1 aliphatic carbocycles. The van der Waals surface area contributed by atoms with Crippen LogP contribution in [0.25, 0.3) is 0 Å². The number of hydrogen-bond donors (Lipinski definition) is 1. The van der Waals surface area contributed by atoms with E-state index in [9.17, 15) is 8.42 Å². The topological polar surface area (TPSA) is 64.0 Å². The molecule has 1 fully saturated rings. The minimum atomic E-state index is -3.43. The van der Waals surface area contributed by atoms with Crippen LogP contribution in [-0.2, 0) is 23.0 Å². The van der Waals surface area contributed by atoms with Gasteiger partial charge in [-0.25, -0.2) is 18.1 Å². The molecular formula is C12H19N3O2S. The van der Waals surface area contributed by atoms with E-state index in [1.807, 2.05) is 4.57 Å². The largest absolute Gasteiger partial charge is 0.318 e. The maximum Gasteiger partial charge on any atom is 0.258 e. The monoisotopic (exact) mass is 269 g/mol. The maximum absolute atomic E-state index is 12.4. The van der Waals surface area contributed by atoms with E-state index in [-0.39, 0.29) is 5.54 Å². The highest BCUT2D eigenvalue weighted by Crippen LogP contribution is 2.43. The van der Waals surface area contributed by atoms with E-state index in [1.54, 1.807) is 0 Å². The lowest BCUT2D eigenvalue weighted by molar-refractivity contribution is 0.429. The average molecular weight is 269 g/mol. The normalized spacial score (nSPS) is 21.3. The Morgan fingerprint density at radius 2 is 2.17 bits per heavy atom. The summed E-state index contributed by atoms with van der Waals surface area (Å²) in [6.45, 7) is 4.90. The van der Waals surface area contributed by atoms with Crippen molar-refractivity contribution in [2.75, 3.05) is 0 Å². The van der Waals surface area contributed by atoms with Gasteiger partial charge in [-0.2, -0.15) is 0 Å². The van der Waals surface area contributed by atoms with Crippen LogP contribution in [0.5, 0.6) is 0 Å². The van der Waals surface area contributed by atoms with Gasteiger partial charge in [0.05, 0.1) is 6.20 Å². The Bertz CT molecular complexity index is 570. The molecule has 2 aliphatic rings. The number of rotatable bonds is 4. The van der Waals surface area contributed by atoms with Gasteiger partial charge in [0.25, 0.3) is 10.0 Å². The van der Waals surface area contributed by atoms with Crippen LogP contribution in [0.2, 0.25) is 0 Å². The van der Waals surface area contributed by atoms with Crippen LogP contribution < -0.4 is 4.72 Å². The number of hydrogen-bond acceptors (Lipinski definition) is 3. The van der Waals surface area contributed by atoms with E-state index >= 15 is 0 Å². The summed E-state index contributed by atoms with van der Waals surface area (Å²) in [4.78, 5) is 4.20. The van der Waals surface area contributed by atoms with E-state index < -0.39 is 10.0 Å². The first kappa shape index (κ1) is 12.2. The Hall–Kier alpha value is -0.880. The first-order chi connectivity index (χ1) is 8.45. The molecule has 2 heterocycles. The molecule has 6 heteroatoms. The molecule has 18 heavy (non-hydrogen) atoms. The third kappa shape index (κ3) is 1.78. The number of fused-ring (bicyclic) bond motifs is 1. The highest BCUT2D eigenvalue weighted by molar-refractivity contribution is 7.89. The first-order valence-electron chi connectivity index (χ1n) is 6.53. The zero-order valence-electron chi connectivity index (χ0n) is 10.8. The molecule has 3 rings (SSSR count). The van der Waals surface area contributed by atoms with Crippen LogP contribution >= 0.6 is 0 Å². The second kappa shape index (κ2) is 3.81. The smallest absolute Gasteiger partial charge is 0.258 e. The molecule has 0 unspecified atom stereocenters. The van der Waals surface area contributed by atoms with Gasteiger partial charge in [-0.15, -0.1) is 0 Å². The van der Waals surface area contributed by atoms with Crippen molar-refractivity contribution in [2.24, 2.45) is 5.92 Å². The Balaban J connectivity index is 1.91. The van der Waals surface area contributed by atoms with Crippen molar-refractivity contribution in [3.8, 4) is 0 Å². The number of nitrogens with one attached hydrogen (secondary N) is 1. The molecule has 100 valence electrons. The van der Waals surface area contributed by atoms with Crippen LogP contribution in [0.1, 0.15) is 38.9 Å². The molecule has 1 N–H and O–H groups in total.